The van der Waals surface area contributed by atoms with Crippen LogP contribution in [0, 0.1) is 11.3 Å². The number of hydrogen-bond acceptors (Lipinski definition) is 6. The summed E-state index contributed by atoms with van der Waals surface area (Å²) in [5.41, 5.74) is 0.332. The fraction of sp³-hybridized carbons (Fsp3) is 0.312. The zero-order valence-corrected chi connectivity index (χ0v) is 13.1. The molecule has 0 aliphatic rings. The summed E-state index contributed by atoms with van der Waals surface area (Å²) in [5, 5.41) is 20.6. The zero-order chi connectivity index (χ0) is 17.2. The Morgan fingerprint density at radius 2 is 2.13 bits per heavy atom. The normalized spacial score (nSPS) is 10.6. The van der Waals surface area contributed by atoms with Crippen molar-refractivity contribution in [2.24, 2.45) is 0 Å². The average molecular weight is 317 g/mol. The maximum Gasteiger partial charge on any atom is 0.339 e. The van der Waals surface area contributed by atoms with Crippen molar-refractivity contribution in [2.45, 2.75) is 6.92 Å². The summed E-state index contributed by atoms with van der Waals surface area (Å²) in [6, 6.07) is 8.18. The predicted molar refractivity (Wildman–Crippen MR) is 84.4 cm³/mol. The minimum absolute atomic E-state index is 0.0875. The van der Waals surface area contributed by atoms with Crippen LogP contribution in [0.15, 0.2) is 36.0 Å². The van der Waals surface area contributed by atoms with Crippen molar-refractivity contribution < 1.29 is 19.4 Å². The van der Waals surface area contributed by atoms with Gasteiger partial charge in [0.2, 0.25) is 0 Å². The van der Waals surface area contributed by atoms with E-state index in [1.807, 2.05) is 13.0 Å². The smallest absolute Gasteiger partial charge is 0.339 e. The second-order valence-electron chi connectivity index (χ2n) is 4.50. The summed E-state index contributed by atoms with van der Waals surface area (Å²) >= 11 is 0. The predicted octanol–water partition coefficient (Wildman–Crippen LogP) is 1.13. The van der Waals surface area contributed by atoms with Gasteiger partial charge in [0.15, 0.2) is 0 Å². The van der Waals surface area contributed by atoms with Crippen LogP contribution in [0.4, 0.5) is 5.69 Å². The van der Waals surface area contributed by atoms with Gasteiger partial charge in [-0.15, -0.1) is 0 Å². The summed E-state index contributed by atoms with van der Waals surface area (Å²) in [6.45, 7) is 2.60. The van der Waals surface area contributed by atoms with Crippen molar-refractivity contribution in [2.75, 3.05) is 32.1 Å². The highest BCUT2D eigenvalue weighted by atomic mass is 16.5. The number of rotatable bonds is 7. The van der Waals surface area contributed by atoms with E-state index in [-0.39, 0.29) is 23.4 Å². The quantitative estimate of drug-likeness (QED) is 0.444. The molecule has 23 heavy (non-hydrogen) atoms. The molecule has 2 N–H and O–H groups in total. The van der Waals surface area contributed by atoms with Gasteiger partial charge >= 0.3 is 5.97 Å². The van der Waals surface area contributed by atoms with Crippen molar-refractivity contribution in [3.8, 4) is 6.07 Å². The number of para-hydroxylation sites is 1. The van der Waals surface area contributed by atoms with Crippen LogP contribution in [-0.4, -0.2) is 48.7 Å². The van der Waals surface area contributed by atoms with Gasteiger partial charge in [0.05, 0.1) is 25.0 Å². The first-order chi connectivity index (χ1) is 11.1. The molecular weight excluding hydrogens is 298 g/mol. The lowest BCUT2D eigenvalue weighted by molar-refractivity contribution is -0.112. The Morgan fingerprint density at radius 1 is 1.43 bits per heavy atom. The molecule has 1 aromatic rings. The van der Waals surface area contributed by atoms with E-state index in [1.165, 1.54) is 19.4 Å². The number of ether oxygens (including phenoxy) is 1. The van der Waals surface area contributed by atoms with Crippen molar-refractivity contribution in [1.29, 1.82) is 5.26 Å². The Balaban J connectivity index is 3.00. The Kier molecular flexibility index (Phi) is 7.30. The molecule has 0 atom stereocenters. The molecule has 1 aromatic carbocycles. The highest BCUT2D eigenvalue weighted by Crippen LogP contribution is 2.17. The van der Waals surface area contributed by atoms with Gasteiger partial charge in [-0.1, -0.05) is 12.1 Å². The van der Waals surface area contributed by atoms with E-state index < -0.39 is 11.9 Å². The van der Waals surface area contributed by atoms with Gasteiger partial charge in [-0.3, -0.25) is 4.79 Å². The SMILES string of the molecule is CCN(/C=C(/C#N)C(=O)Nc1ccccc1C(=O)OC)CCO. The van der Waals surface area contributed by atoms with Gasteiger partial charge < -0.3 is 20.1 Å². The fourth-order valence-electron chi connectivity index (χ4n) is 1.83. The highest BCUT2D eigenvalue weighted by molar-refractivity contribution is 6.09. The summed E-state index contributed by atoms with van der Waals surface area (Å²) in [4.78, 5) is 25.5. The zero-order valence-electron chi connectivity index (χ0n) is 13.1. The summed E-state index contributed by atoms with van der Waals surface area (Å²) in [6.07, 6.45) is 1.38. The Bertz CT molecular complexity index is 634. The summed E-state index contributed by atoms with van der Waals surface area (Å²) < 4.78 is 4.65. The molecule has 0 unspecified atom stereocenters. The molecule has 0 heterocycles. The molecule has 0 saturated carbocycles. The highest BCUT2D eigenvalue weighted by Gasteiger charge is 2.16. The molecule has 7 heteroatoms. The van der Waals surface area contributed by atoms with E-state index in [2.05, 4.69) is 10.1 Å². The molecule has 0 radical (unpaired) electrons. The molecule has 7 nitrogen and oxygen atoms in total. The van der Waals surface area contributed by atoms with E-state index in [1.54, 1.807) is 23.1 Å². The molecule has 0 bridgehead atoms. The van der Waals surface area contributed by atoms with Crippen molar-refractivity contribution >= 4 is 17.6 Å². The van der Waals surface area contributed by atoms with Crippen LogP contribution in [0.3, 0.4) is 0 Å². The van der Waals surface area contributed by atoms with E-state index >= 15 is 0 Å². The number of carbonyl (C=O) groups excluding carboxylic acids is 2. The first-order valence-electron chi connectivity index (χ1n) is 7.02. The number of nitriles is 1. The number of methoxy groups -OCH3 is 1. The minimum Gasteiger partial charge on any atom is -0.465 e. The lowest BCUT2D eigenvalue weighted by Crippen LogP contribution is -2.24. The maximum absolute atomic E-state index is 12.2. The first kappa shape index (κ1) is 18.2. The summed E-state index contributed by atoms with van der Waals surface area (Å²) in [7, 11) is 1.25. The van der Waals surface area contributed by atoms with Crippen molar-refractivity contribution in [3.63, 3.8) is 0 Å². The number of nitrogens with zero attached hydrogens (tertiary/aromatic N) is 2. The van der Waals surface area contributed by atoms with E-state index in [9.17, 15) is 9.59 Å². The second-order valence-corrected chi connectivity index (χ2v) is 4.50. The molecule has 122 valence electrons. The van der Waals surface area contributed by atoms with Crippen molar-refractivity contribution in [3.05, 3.63) is 41.6 Å². The molecule has 0 fully saturated rings. The van der Waals surface area contributed by atoms with Crippen LogP contribution in [0.1, 0.15) is 17.3 Å². The topological polar surface area (TPSA) is 103 Å². The van der Waals surface area contributed by atoms with E-state index in [0.29, 0.717) is 13.1 Å². The Hall–Kier alpha value is -2.85. The molecule has 0 aliphatic heterocycles. The minimum atomic E-state index is -0.639. The monoisotopic (exact) mass is 317 g/mol. The number of esters is 1. The van der Waals surface area contributed by atoms with Gasteiger partial charge in [-0.05, 0) is 19.1 Å². The van der Waals surface area contributed by atoms with Gasteiger partial charge in [-0.2, -0.15) is 5.26 Å². The molecule has 0 saturated heterocycles. The number of likely N-dealkylation sites (N-methyl/N-ethyl adjacent to an activating group) is 1. The summed E-state index contributed by atoms with van der Waals surface area (Å²) in [5.74, 6) is -1.22. The number of carbonyl (C=O) groups is 2. The fourth-order valence-corrected chi connectivity index (χ4v) is 1.83. The van der Waals surface area contributed by atoms with Crippen LogP contribution < -0.4 is 5.32 Å². The lowest BCUT2D eigenvalue weighted by Gasteiger charge is -2.17. The number of nitrogens with one attached hydrogen (secondary N) is 1. The van der Waals surface area contributed by atoms with Crippen LogP contribution in [0.2, 0.25) is 0 Å². The largest absolute Gasteiger partial charge is 0.465 e. The number of benzene rings is 1. The number of amides is 1. The van der Waals surface area contributed by atoms with Crippen LogP contribution in [0.5, 0.6) is 0 Å². The van der Waals surface area contributed by atoms with E-state index in [4.69, 9.17) is 10.4 Å². The first-order valence-corrected chi connectivity index (χ1v) is 7.02. The number of anilines is 1. The standard InChI is InChI=1S/C16H19N3O4/c1-3-19(8-9-20)11-12(10-17)15(21)18-14-7-5-4-6-13(14)16(22)23-2/h4-7,11,20H,3,8-9H2,1-2H3,(H,18,21)/b12-11-. The molecule has 0 aliphatic carbocycles. The Morgan fingerprint density at radius 3 is 2.70 bits per heavy atom. The van der Waals surface area contributed by atoms with Crippen LogP contribution in [-0.2, 0) is 9.53 Å². The number of aliphatic hydroxyl groups is 1. The maximum atomic E-state index is 12.2. The molecule has 0 aromatic heterocycles. The molecule has 1 amide bonds. The van der Waals surface area contributed by atoms with Gasteiger partial charge in [0.25, 0.3) is 5.91 Å². The number of hydrogen-bond donors (Lipinski definition) is 2. The lowest BCUT2D eigenvalue weighted by atomic mass is 10.1. The van der Waals surface area contributed by atoms with Crippen LogP contribution >= 0.6 is 0 Å². The van der Waals surface area contributed by atoms with Gasteiger partial charge in [0, 0.05) is 19.3 Å². The van der Waals surface area contributed by atoms with E-state index in [0.717, 1.165) is 0 Å². The number of aliphatic hydroxyl groups excluding tert-OH is 1. The molecule has 0 spiro atoms. The van der Waals surface area contributed by atoms with Crippen LogP contribution in [0.25, 0.3) is 0 Å². The van der Waals surface area contributed by atoms with Gasteiger partial charge in [0.1, 0.15) is 11.6 Å². The second kappa shape index (κ2) is 9.23. The average Bonchev–Trinajstić information content (AvgIpc) is 2.58. The van der Waals surface area contributed by atoms with Crippen molar-refractivity contribution in [1.82, 2.24) is 4.90 Å². The third-order valence-electron chi connectivity index (χ3n) is 3.05. The molecule has 1 rings (SSSR count). The Labute approximate surface area is 134 Å². The third kappa shape index (κ3) is 5.13. The third-order valence-corrected chi connectivity index (χ3v) is 3.05. The van der Waals surface area contributed by atoms with Gasteiger partial charge in [-0.25, -0.2) is 4.79 Å². The molecular formula is C16H19N3O4.